The van der Waals surface area contributed by atoms with Crippen LogP contribution in [0, 0.1) is 12.8 Å². The number of carbonyl (C=O) groups excluding carboxylic acids is 1. The van der Waals surface area contributed by atoms with Gasteiger partial charge in [-0.15, -0.1) is 0 Å². The lowest BCUT2D eigenvalue weighted by Gasteiger charge is -2.24. The minimum absolute atomic E-state index is 0.0922. The number of benzene rings is 1. The van der Waals surface area contributed by atoms with Gasteiger partial charge in [-0.25, -0.2) is 0 Å². The molecular formula is C15H22N2O2. The van der Waals surface area contributed by atoms with Gasteiger partial charge in [0.1, 0.15) is 0 Å². The van der Waals surface area contributed by atoms with Gasteiger partial charge < -0.3 is 15.0 Å². The highest BCUT2D eigenvalue weighted by atomic mass is 16.5. The maximum absolute atomic E-state index is 12.5. The molecule has 4 heteroatoms. The fourth-order valence-electron chi connectivity index (χ4n) is 2.47. The molecule has 0 saturated carbocycles. The van der Waals surface area contributed by atoms with Crippen molar-refractivity contribution in [2.45, 2.75) is 19.9 Å². The molecule has 1 amide bonds. The van der Waals surface area contributed by atoms with Gasteiger partial charge in [0.2, 0.25) is 5.91 Å². The van der Waals surface area contributed by atoms with Gasteiger partial charge in [-0.1, -0.05) is 19.1 Å². The number of anilines is 1. The van der Waals surface area contributed by atoms with E-state index in [1.54, 1.807) is 4.90 Å². The van der Waals surface area contributed by atoms with E-state index in [0.29, 0.717) is 13.2 Å². The highest BCUT2D eigenvalue weighted by Crippen LogP contribution is 2.21. The SMILES string of the molecule is CCNC1COCC1C(=O)N(C)c1cccc(C)c1. The Morgan fingerprint density at radius 2 is 2.26 bits per heavy atom. The van der Waals surface area contributed by atoms with Crippen molar-refractivity contribution in [1.29, 1.82) is 0 Å². The van der Waals surface area contributed by atoms with Crippen LogP contribution in [0.1, 0.15) is 12.5 Å². The molecule has 1 aromatic carbocycles. The van der Waals surface area contributed by atoms with E-state index in [9.17, 15) is 4.79 Å². The summed E-state index contributed by atoms with van der Waals surface area (Å²) in [6, 6.07) is 8.12. The zero-order chi connectivity index (χ0) is 13.8. The number of amides is 1. The van der Waals surface area contributed by atoms with E-state index in [2.05, 4.69) is 5.32 Å². The number of nitrogens with zero attached hydrogens (tertiary/aromatic N) is 1. The normalized spacial score (nSPS) is 22.5. The fraction of sp³-hybridized carbons (Fsp3) is 0.533. The molecule has 2 rings (SSSR count). The standard InChI is InChI=1S/C15H22N2O2/c1-4-16-14-10-19-9-13(14)15(18)17(3)12-7-5-6-11(2)8-12/h5-8,13-14,16H,4,9-10H2,1-3H3. The van der Waals surface area contributed by atoms with Crippen LogP contribution >= 0.6 is 0 Å². The first-order valence-electron chi connectivity index (χ1n) is 6.79. The Morgan fingerprint density at radius 1 is 1.47 bits per heavy atom. The average Bonchev–Trinajstić information content (AvgIpc) is 2.86. The monoisotopic (exact) mass is 262 g/mol. The van der Waals surface area contributed by atoms with Crippen molar-refractivity contribution in [2.24, 2.45) is 5.92 Å². The summed E-state index contributed by atoms with van der Waals surface area (Å²) in [5.41, 5.74) is 2.09. The Balaban J connectivity index is 2.10. The Bertz CT molecular complexity index is 448. The van der Waals surface area contributed by atoms with E-state index < -0.39 is 0 Å². The van der Waals surface area contributed by atoms with Gasteiger partial charge in [0.25, 0.3) is 0 Å². The van der Waals surface area contributed by atoms with Gasteiger partial charge in [-0.2, -0.15) is 0 Å². The van der Waals surface area contributed by atoms with Crippen LogP contribution in [0.2, 0.25) is 0 Å². The maximum atomic E-state index is 12.5. The lowest BCUT2D eigenvalue weighted by molar-refractivity contribution is -0.122. The Labute approximate surface area is 114 Å². The van der Waals surface area contributed by atoms with Gasteiger partial charge in [0.15, 0.2) is 0 Å². The molecule has 0 spiro atoms. The van der Waals surface area contributed by atoms with Gasteiger partial charge in [0.05, 0.1) is 19.1 Å². The van der Waals surface area contributed by atoms with E-state index in [1.807, 2.05) is 45.2 Å². The van der Waals surface area contributed by atoms with Crippen molar-refractivity contribution in [3.05, 3.63) is 29.8 Å². The Kier molecular flexibility index (Phi) is 4.56. The third-order valence-electron chi connectivity index (χ3n) is 3.58. The third-order valence-corrected chi connectivity index (χ3v) is 3.58. The van der Waals surface area contributed by atoms with Crippen LogP contribution < -0.4 is 10.2 Å². The minimum atomic E-state index is -0.0922. The maximum Gasteiger partial charge on any atom is 0.233 e. The molecule has 1 saturated heterocycles. The molecule has 1 aliphatic heterocycles. The molecule has 4 nitrogen and oxygen atoms in total. The smallest absolute Gasteiger partial charge is 0.233 e. The summed E-state index contributed by atoms with van der Waals surface area (Å²) < 4.78 is 5.44. The van der Waals surface area contributed by atoms with Gasteiger partial charge in [-0.05, 0) is 31.2 Å². The number of ether oxygens (including phenoxy) is 1. The van der Waals surface area contributed by atoms with Crippen molar-refractivity contribution in [1.82, 2.24) is 5.32 Å². The molecule has 2 atom stereocenters. The van der Waals surface area contributed by atoms with Gasteiger partial charge >= 0.3 is 0 Å². The summed E-state index contributed by atoms with van der Waals surface area (Å²) >= 11 is 0. The number of hydrogen-bond acceptors (Lipinski definition) is 3. The van der Waals surface area contributed by atoms with Crippen molar-refractivity contribution in [2.75, 3.05) is 31.7 Å². The topological polar surface area (TPSA) is 41.6 Å². The first-order valence-corrected chi connectivity index (χ1v) is 6.79. The number of aryl methyl sites for hydroxylation is 1. The molecule has 1 N–H and O–H groups in total. The summed E-state index contributed by atoms with van der Waals surface area (Å²) in [7, 11) is 1.83. The highest BCUT2D eigenvalue weighted by Gasteiger charge is 2.35. The van der Waals surface area contributed by atoms with Crippen LogP contribution in [0.25, 0.3) is 0 Å². The van der Waals surface area contributed by atoms with E-state index in [1.165, 1.54) is 0 Å². The number of rotatable bonds is 4. The largest absolute Gasteiger partial charge is 0.379 e. The highest BCUT2D eigenvalue weighted by molar-refractivity contribution is 5.95. The number of likely N-dealkylation sites (N-methyl/N-ethyl adjacent to an activating group) is 1. The van der Waals surface area contributed by atoms with Crippen LogP contribution in [-0.2, 0) is 9.53 Å². The summed E-state index contributed by atoms with van der Waals surface area (Å²) in [4.78, 5) is 14.3. The molecule has 1 heterocycles. The molecule has 0 radical (unpaired) electrons. The molecule has 104 valence electrons. The zero-order valence-electron chi connectivity index (χ0n) is 11.8. The Morgan fingerprint density at radius 3 is 2.95 bits per heavy atom. The zero-order valence-corrected chi connectivity index (χ0v) is 11.8. The molecule has 0 aliphatic carbocycles. The van der Waals surface area contributed by atoms with E-state index >= 15 is 0 Å². The number of hydrogen-bond donors (Lipinski definition) is 1. The fourth-order valence-corrected chi connectivity index (χ4v) is 2.47. The van der Waals surface area contributed by atoms with Crippen LogP contribution in [-0.4, -0.2) is 38.8 Å². The predicted molar refractivity (Wildman–Crippen MR) is 76.4 cm³/mol. The second-order valence-electron chi connectivity index (χ2n) is 5.04. The lowest BCUT2D eigenvalue weighted by atomic mass is 10.0. The van der Waals surface area contributed by atoms with Gasteiger partial charge in [0, 0.05) is 18.8 Å². The summed E-state index contributed by atoms with van der Waals surface area (Å²) in [5.74, 6) is 0.0273. The lowest BCUT2D eigenvalue weighted by Crippen LogP contribution is -2.44. The van der Waals surface area contributed by atoms with Crippen LogP contribution in [0.3, 0.4) is 0 Å². The summed E-state index contributed by atoms with van der Waals surface area (Å²) in [6.45, 7) is 6.05. The second-order valence-corrected chi connectivity index (χ2v) is 5.04. The molecule has 1 aliphatic rings. The second kappa shape index (κ2) is 6.17. The van der Waals surface area contributed by atoms with E-state index in [0.717, 1.165) is 17.8 Å². The summed E-state index contributed by atoms with van der Waals surface area (Å²) in [5, 5.41) is 3.32. The van der Waals surface area contributed by atoms with Crippen molar-refractivity contribution < 1.29 is 9.53 Å². The van der Waals surface area contributed by atoms with Crippen molar-refractivity contribution in [3.63, 3.8) is 0 Å². The van der Waals surface area contributed by atoms with Crippen molar-refractivity contribution >= 4 is 11.6 Å². The van der Waals surface area contributed by atoms with E-state index in [4.69, 9.17) is 4.74 Å². The molecular weight excluding hydrogens is 240 g/mol. The molecule has 2 unspecified atom stereocenters. The predicted octanol–water partition coefficient (Wildman–Crippen LogP) is 1.58. The molecule has 0 bridgehead atoms. The summed E-state index contributed by atoms with van der Waals surface area (Å²) in [6.07, 6.45) is 0. The van der Waals surface area contributed by atoms with Crippen LogP contribution in [0.5, 0.6) is 0 Å². The minimum Gasteiger partial charge on any atom is -0.379 e. The first-order chi connectivity index (χ1) is 9.13. The van der Waals surface area contributed by atoms with Crippen molar-refractivity contribution in [3.8, 4) is 0 Å². The van der Waals surface area contributed by atoms with Crippen LogP contribution in [0.4, 0.5) is 5.69 Å². The van der Waals surface area contributed by atoms with E-state index in [-0.39, 0.29) is 17.9 Å². The molecule has 1 fully saturated rings. The van der Waals surface area contributed by atoms with Gasteiger partial charge in [-0.3, -0.25) is 4.79 Å². The number of carbonyl (C=O) groups is 1. The average molecular weight is 262 g/mol. The quantitative estimate of drug-likeness (QED) is 0.896. The molecule has 1 aromatic rings. The molecule has 0 aromatic heterocycles. The first kappa shape index (κ1) is 14.0. The Hall–Kier alpha value is -1.39. The third kappa shape index (κ3) is 3.14. The number of nitrogens with one attached hydrogen (secondary N) is 1. The van der Waals surface area contributed by atoms with Crippen LogP contribution in [0.15, 0.2) is 24.3 Å². The molecule has 19 heavy (non-hydrogen) atoms.